The molecular formula is C16H27N3OS. The molecule has 0 aliphatic carbocycles. The molecule has 2 heterocycles. The molecule has 3 atom stereocenters. The average molecular weight is 309 g/mol. The van der Waals surface area contributed by atoms with Gasteiger partial charge in [-0.15, -0.1) is 11.3 Å². The zero-order valence-corrected chi connectivity index (χ0v) is 14.5. The Kier molecular flexibility index (Phi) is 5.41. The van der Waals surface area contributed by atoms with Crippen LogP contribution in [0.3, 0.4) is 0 Å². The molecule has 1 aromatic rings. The van der Waals surface area contributed by atoms with Crippen molar-refractivity contribution in [1.29, 1.82) is 0 Å². The predicted octanol–water partition coefficient (Wildman–Crippen LogP) is 2.54. The molecule has 0 bridgehead atoms. The Labute approximate surface area is 132 Å². The van der Waals surface area contributed by atoms with Crippen molar-refractivity contribution in [3.05, 3.63) is 22.4 Å². The fourth-order valence-electron chi connectivity index (χ4n) is 2.96. The highest BCUT2D eigenvalue weighted by Gasteiger charge is 2.43. The lowest BCUT2D eigenvalue weighted by Gasteiger charge is -2.36. The number of nitrogens with one attached hydrogen (secondary N) is 1. The molecule has 118 valence electrons. The van der Waals surface area contributed by atoms with Crippen LogP contribution in [0, 0.1) is 5.92 Å². The summed E-state index contributed by atoms with van der Waals surface area (Å²) in [6.07, 6.45) is 0.860. The highest BCUT2D eigenvalue weighted by Crippen LogP contribution is 2.33. The third-order valence-electron chi connectivity index (χ3n) is 4.09. The van der Waals surface area contributed by atoms with E-state index in [1.807, 2.05) is 0 Å². The molecular weight excluding hydrogens is 282 g/mol. The van der Waals surface area contributed by atoms with Gasteiger partial charge in [0.15, 0.2) is 0 Å². The second kappa shape index (κ2) is 6.90. The monoisotopic (exact) mass is 309 g/mol. The maximum atomic E-state index is 12.8. The topological polar surface area (TPSA) is 35.6 Å². The Morgan fingerprint density at radius 1 is 1.43 bits per heavy atom. The van der Waals surface area contributed by atoms with E-state index in [0.29, 0.717) is 5.92 Å². The van der Waals surface area contributed by atoms with Crippen molar-refractivity contribution in [1.82, 2.24) is 15.1 Å². The van der Waals surface area contributed by atoms with Crippen molar-refractivity contribution in [2.75, 3.05) is 20.6 Å². The summed E-state index contributed by atoms with van der Waals surface area (Å²) >= 11 is 1.72. The van der Waals surface area contributed by atoms with Gasteiger partial charge in [-0.05, 0) is 37.9 Å². The zero-order chi connectivity index (χ0) is 15.6. The van der Waals surface area contributed by atoms with Crippen LogP contribution in [0.25, 0.3) is 0 Å². The quantitative estimate of drug-likeness (QED) is 0.877. The second-order valence-corrected chi connectivity index (χ2v) is 7.34. The van der Waals surface area contributed by atoms with Crippen LogP contribution in [0.5, 0.6) is 0 Å². The minimum absolute atomic E-state index is 0.0230. The number of thiophene rings is 1. The SMILES string of the molecule is CCC1NC(c2cccs2)N(C(CN(C)C)C(C)C)C1=O. The summed E-state index contributed by atoms with van der Waals surface area (Å²) in [6.45, 7) is 7.36. The lowest BCUT2D eigenvalue weighted by atomic mass is 10.0. The first kappa shape index (κ1) is 16.5. The molecule has 4 nitrogen and oxygen atoms in total. The van der Waals surface area contributed by atoms with E-state index in [0.717, 1.165) is 13.0 Å². The number of carbonyl (C=O) groups is 1. The van der Waals surface area contributed by atoms with Gasteiger partial charge in [0.05, 0.1) is 6.04 Å². The highest BCUT2D eigenvalue weighted by molar-refractivity contribution is 7.10. The molecule has 1 aliphatic heterocycles. The van der Waals surface area contributed by atoms with Crippen molar-refractivity contribution in [2.45, 2.75) is 45.4 Å². The van der Waals surface area contributed by atoms with Gasteiger partial charge in [0, 0.05) is 17.5 Å². The van der Waals surface area contributed by atoms with Gasteiger partial charge in [-0.1, -0.05) is 26.8 Å². The Balaban J connectivity index is 2.32. The molecule has 0 aromatic carbocycles. The summed E-state index contributed by atoms with van der Waals surface area (Å²) in [5.41, 5.74) is 0. The molecule has 1 N–H and O–H groups in total. The van der Waals surface area contributed by atoms with Crippen molar-refractivity contribution in [3.8, 4) is 0 Å². The van der Waals surface area contributed by atoms with E-state index in [1.54, 1.807) is 11.3 Å². The molecule has 1 amide bonds. The normalized spacial score (nSPS) is 24.3. The number of carbonyl (C=O) groups excluding carboxylic acids is 1. The van der Waals surface area contributed by atoms with E-state index < -0.39 is 0 Å². The maximum absolute atomic E-state index is 12.8. The fourth-order valence-corrected chi connectivity index (χ4v) is 3.74. The Morgan fingerprint density at radius 3 is 2.62 bits per heavy atom. The Hall–Kier alpha value is -0.910. The van der Waals surface area contributed by atoms with Crippen LogP contribution >= 0.6 is 11.3 Å². The van der Waals surface area contributed by atoms with Gasteiger partial charge in [0.1, 0.15) is 6.17 Å². The van der Waals surface area contributed by atoms with Crippen LogP contribution in [-0.2, 0) is 4.79 Å². The van der Waals surface area contributed by atoms with E-state index in [2.05, 4.69) is 67.5 Å². The molecule has 1 aromatic heterocycles. The van der Waals surface area contributed by atoms with E-state index in [9.17, 15) is 4.79 Å². The van der Waals surface area contributed by atoms with Crippen LogP contribution in [0.1, 0.15) is 38.2 Å². The molecule has 0 radical (unpaired) electrons. The van der Waals surface area contributed by atoms with Crippen molar-refractivity contribution < 1.29 is 4.79 Å². The van der Waals surface area contributed by atoms with Crippen molar-refractivity contribution in [2.24, 2.45) is 5.92 Å². The molecule has 0 saturated carbocycles. The zero-order valence-electron chi connectivity index (χ0n) is 13.7. The molecule has 3 unspecified atom stereocenters. The number of nitrogens with zero attached hydrogens (tertiary/aromatic N) is 2. The average Bonchev–Trinajstić information content (AvgIpc) is 3.03. The largest absolute Gasteiger partial charge is 0.316 e. The standard InChI is InChI=1S/C16H27N3OS/c1-6-12-16(20)19(13(11(2)3)10-18(4)5)15(17-12)14-8-7-9-21-14/h7-9,11-13,15,17H,6,10H2,1-5H3. The number of likely N-dealkylation sites (N-methyl/N-ethyl adjacent to an activating group) is 1. The Bertz CT molecular complexity index is 458. The minimum Gasteiger partial charge on any atom is -0.316 e. The smallest absolute Gasteiger partial charge is 0.241 e. The minimum atomic E-state index is -0.0551. The number of rotatable bonds is 6. The lowest BCUT2D eigenvalue weighted by Crippen LogP contribution is -2.48. The summed E-state index contributed by atoms with van der Waals surface area (Å²) in [7, 11) is 4.14. The van der Waals surface area contributed by atoms with Crippen LogP contribution in [-0.4, -0.2) is 48.4 Å². The first-order valence-electron chi connectivity index (χ1n) is 7.72. The number of hydrogen-bond acceptors (Lipinski definition) is 4. The fraction of sp³-hybridized carbons (Fsp3) is 0.688. The van der Waals surface area contributed by atoms with E-state index in [4.69, 9.17) is 0 Å². The van der Waals surface area contributed by atoms with Gasteiger partial charge in [-0.3, -0.25) is 10.1 Å². The van der Waals surface area contributed by atoms with Crippen molar-refractivity contribution in [3.63, 3.8) is 0 Å². The number of hydrogen-bond donors (Lipinski definition) is 1. The van der Waals surface area contributed by atoms with Gasteiger partial charge in [-0.25, -0.2) is 0 Å². The third kappa shape index (κ3) is 3.47. The molecule has 2 rings (SSSR count). The highest BCUT2D eigenvalue weighted by atomic mass is 32.1. The van der Waals surface area contributed by atoms with Crippen LogP contribution < -0.4 is 5.32 Å². The summed E-state index contributed by atoms with van der Waals surface area (Å²) in [6, 6.07) is 4.34. The summed E-state index contributed by atoms with van der Waals surface area (Å²) in [5, 5.41) is 5.60. The van der Waals surface area contributed by atoms with Crippen LogP contribution in [0.15, 0.2) is 17.5 Å². The van der Waals surface area contributed by atoms with Crippen LogP contribution in [0.4, 0.5) is 0 Å². The lowest BCUT2D eigenvalue weighted by molar-refractivity contribution is -0.133. The molecule has 21 heavy (non-hydrogen) atoms. The molecule has 1 fully saturated rings. The number of amides is 1. The summed E-state index contributed by atoms with van der Waals surface area (Å²) in [4.78, 5) is 18.3. The van der Waals surface area contributed by atoms with Gasteiger partial charge in [0.2, 0.25) is 5.91 Å². The second-order valence-electron chi connectivity index (χ2n) is 6.36. The van der Waals surface area contributed by atoms with Crippen molar-refractivity contribution >= 4 is 17.2 Å². The van der Waals surface area contributed by atoms with E-state index in [1.165, 1.54) is 4.88 Å². The summed E-state index contributed by atoms with van der Waals surface area (Å²) < 4.78 is 0. The van der Waals surface area contributed by atoms with E-state index >= 15 is 0 Å². The first-order chi connectivity index (χ1) is 9.95. The van der Waals surface area contributed by atoms with Crippen LogP contribution in [0.2, 0.25) is 0 Å². The molecule has 1 saturated heterocycles. The summed E-state index contributed by atoms with van der Waals surface area (Å²) in [5.74, 6) is 0.674. The molecule has 1 aliphatic rings. The molecule has 0 spiro atoms. The predicted molar refractivity (Wildman–Crippen MR) is 88.3 cm³/mol. The Morgan fingerprint density at radius 2 is 2.14 bits per heavy atom. The maximum Gasteiger partial charge on any atom is 0.241 e. The van der Waals surface area contributed by atoms with Gasteiger partial charge in [0.25, 0.3) is 0 Å². The van der Waals surface area contributed by atoms with Gasteiger partial charge >= 0.3 is 0 Å². The van der Waals surface area contributed by atoms with Gasteiger partial charge in [-0.2, -0.15) is 0 Å². The first-order valence-corrected chi connectivity index (χ1v) is 8.60. The van der Waals surface area contributed by atoms with E-state index in [-0.39, 0.29) is 24.2 Å². The third-order valence-corrected chi connectivity index (χ3v) is 5.01. The van der Waals surface area contributed by atoms with Gasteiger partial charge < -0.3 is 9.80 Å². The molecule has 5 heteroatoms.